The first-order valence-electron chi connectivity index (χ1n) is 10.7. The lowest BCUT2D eigenvalue weighted by atomic mass is 10.0. The highest BCUT2D eigenvalue weighted by Gasteiger charge is 2.30. The third-order valence-corrected chi connectivity index (χ3v) is 7.76. The lowest BCUT2D eigenvalue weighted by Crippen LogP contribution is -2.47. The fourth-order valence-electron chi connectivity index (χ4n) is 3.79. The predicted octanol–water partition coefficient (Wildman–Crippen LogP) is 2.96. The van der Waals surface area contributed by atoms with Gasteiger partial charge in [0.05, 0.1) is 7.11 Å². The van der Waals surface area contributed by atoms with Crippen molar-refractivity contribution in [3.05, 3.63) is 59.1 Å². The first kappa shape index (κ1) is 24.5. The van der Waals surface area contributed by atoms with Crippen LogP contribution in [0.2, 0.25) is 5.02 Å². The fraction of sp³-hybridized carbons (Fsp3) is 0.435. The number of ether oxygens (including phenoxy) is 1. The highest BCUT2D eigenvalue weighted by molar-refractivity contribution is 7.89. The first-order chi connectivity index (χ1) is 15.3. The van der Waals surface area contributed by atoms with E-state index in [-0.39, 0.29) is 42.0 Å². The molecule has 0 bridgehead atoms. The number of halogens is 1. The van der Waals surface area contributed by atoms with E-state index in [2.05, 4.69) is 5.32 Å². The Labute approximate surface area is 195 Å². The number of rotatable bonds is 9. The molecule has 0 aromatic heterocycles. The second-order valence-electron chi connectivity index (χ2n) is 7.85. The Morgan fingerprint density at radius 3 is 2.53 bits per heavy atom. The molecule has 1 fully saturated rings. The van der Waals surface area contributed by atoms with Crippen LogP contribution in [0.15, 0.2) is 53.4 Å². The summed E-state index contributed by atoms with van der Waals surface area (Å²) in [5, 5.41) is 3.52. The van der Waals surface area contributed by atoms with Gasteiger partial charge in [-0.3, -0.25) is 4.79 Å². The number of carbonyl (C=O) groups excluding carboxylic acids is 1. The van der Waals surface area contributed by atoms with Crippen molar-refractivity contribution in [2.45, 2.75) is 24.2 Å². The van der Waals surface area contributed by atoms with E-state index >= 15 is 0 Å². The zero-order valence-corrected chi connectivity index (χ0v) is 20.0. The van der Waals surface area contributed by atoms with Gasteiger partial charge in [-0.25, -0.2) is 8.42 Å². The molecule has 1 aliphatic rings. The summed E-state index contributed by atoms with van der Waals surface area (Å²) in [5.41, 5.74) is 1.03. The lowest BCUT2D eigenvalue weighted by molar-refractivity contribution is -0.131. The third kappa shape index (κ3) is 6.01. The highest BCUT2D eigenvalue weighted by Crippen LogP contribution is 2.31. The van der Waals surface area contributed by atoms with Crippen LogP contribution in [0.1, 0.15) is 24.8 Å². The minimum atomic E-state index is -3.95. The number of sulfonamides is 1. The molecule has 3 rings (SSSR count). The standard InChI is InChI=1S/C23H30ClN3O4S/c1-18(19-6-4-3-5-7-19)17-27(13-10-23(28)26-14-11-25-12-15-26)32(29,30)22-16-20(24)8-9-21(22)31-2/h3-9,16,18,25H,10-15,17H2,1-2H3. The minimum Gasteiger partial charge on any atom is -0.495 e. The van der Waals surface area contributed by atoms with Crippen molar-refractivity contribution < 1.29 is 17.9 Å². The Morgan fingerprint density at radius 1 is 1.19 bits per heavy atom. The molecule has 32 heavy (non-hydrogen) atoms. The van der Waals surface area contributed by atoms with Crippen LogP contribution in [0.4, 0.5) is 0 Å². The van der Waals surface area contributed by atoms with Crippen molar-refractivity contribution in [1.82, 2.24) is 14.5 Å². The molecule has 174 valence electrons. The summed E-state index contributed by atoms with van der Waals surface area (Å²) < 4.78 is 34.0. The number of piperazine rings is 1. The van der Waals surface area contributed by atoms with E-state index in [4.69, 9.17) is 16.3 Å². The molecular formula is C23H30ClN3O4S. The average molecular weight is 480 g/mol. The van der Waals surface area contributed by atoms with Gasteiger partial charge in [-0.2, -0.15) is 4.31 Å². The molecule has 1 amide bonds. The van der Waals surface area contributed by atoms with Crippen LogP contribution in [0.25, 0.3) is 0 Å². The Balaban J connectivity index is 1.86. The summed E-state index contributed by atoms with van der Waals surface area (Å²) in [6, 6.07) is 14.3. The van der Waals surface area contributed by atoms with Gasteiger partial charge in [0.1, 0.15) is 10.6 Å². The summed E-state index contributed by atoms with van der Waals surface area (Å²) >= 11 is 6.11. The molecular weight excluding hydrogens is 450 g/mol. The number of amides is 1. The monoisotopic (exact) mass is 479 g/mol. The first-order valence-corrected chi connectivity index (χ1v) is 12.5. The summed E-state index contributed by atoms with van der Waals surface area (Å²) in [4.78, 5) is 14.5. The van der Waals surface area contributed by atoms with Crippen molar-refractivity contribution in [2.24, 2.45) is 0 Å². The van der Waals surface area contributed by atoms with E-state index in [1.807, 2.05) is 37.3 Å². The van der Waals surface area contributed by atoms with Gasteiger partial charge < -0.3 is 15.0 Å². The van der Waals surface area contributed by atoms with Crippen LogP contribution in [-0.4, -0.2) is 69.9 Å². The number of benzene rings is 2. The Hall–Kier alpha value is -2.13. The number of hydrogen-bond acceptors (Lipinski definition) is 5. The zero-order chi connectivity index (χ0) is 23.1. The molecule has 1 aliphatic heterocycles. The number of methoxy groups -OCH3 is 1. The fourth-order valence-corrected chi connectivity index (χ4v) is 5.73. The molecule has 1 saturated heterocycles. The quantitative estimate of drug-likeness (QED) is 0.598. The smallest absolute Gasteiger partial charge is 0.246 e. The largest absolute Gasteiger partial charge is 0.495 e. The molecule has 9 heteroatoms. The van der Waals surface area contributed by atoms with E-state index in [9.17, 15) is 13.2 Å². The van der Waals surface area contributed by atoms with Gasteiger partial charge in [-0.05, 0) is 29.7 Å². The molecule has 2 aromatic rings. The SMILES string of the molecule is COc1ccc(Cl)cc1S(=O)(=O)N(CCC(=O)N1CCNCC1)CC(C)c1ccccc1. The van der Waals surface area contributed by atoms with Crippen LogP contribution in [-0.2, 0) is 14.8 Å². The maximum absolute atomic E-state index is 13.7. The van der Waals surface area contributed by atoms with E-state index in [0.717, 1.165) is 18.7 Å². The Morgan fingerprint density at radius 2 is 1.88 bits per heavy atom. The van der Waals surface area contributed by atoms with Crippen LogP contribution in [0.5, 0.6) is 5.75 Å². The van der Waals surface area contributed by atoms with Crippen molar-refractivity contribution in [3.63, 3.8) is 0 Å². The van der Waals surface area contributed by atoms with Gasteiger partial charge in [0.25, 0.3) is 0 Å². The molecule has 1 N–H and O–H groups in total. The Kier molecular flexibility index (Phi) is 8.53. The Bertz CT molecular complexity index is 1010. The molecule has 0 spiro atoms. The summed E-state index contributed by atoms with van der Waals surface area (Å²) in [6.07, 6.45) is 0.115. The van der Waals surface area contributed by atoms with Crippen molar-refractivity contribution in [3.8, 4) is 5.75 Å². The maximum Gasteiger partial charge on any atom is 0.246 e. The van der Waals surface area contributed by atoms with Crippen molar-refractivity contribution in [1.29, 1.82) is 0 Å². The van der Waals surface area contributed by atoms with Crippen LogP contribution in [0.3, 0.4) is 0 Å². The van der Waals surface area contributed by atoms with E-state index < -0.39 is 10.0 Å². The summed E-state index contributed by atoms with van der Waals surface area (Å²) in [5.74, 6) is 0.114. The van der Waals surface area contributed by atoms with E-state index in [1.165, 1.54) is 17.5 Å². The van der Waals surface area contributed by atoms with E-state index in [1.54, 1.807) is 17.0 Å². The molecule has 7 nitrogen and oxygen atoms in total. The third-order valence-electron chi connectivity index (χ3n) is 5.63. The number of nitrogens with zero attached hydrogens (tertiary/aromatic N) is 2. The summed E-state index contributed by atoms with van der Waals surface area (Å²) in [6.45, 7) is 5.05. The number of nitrogens with one attached hydrogen (secondary N) is 1. The second kappa shape index (κ2) is 11.1. The number of hydrogen-bond donors (Lipinski definition) is 1. The molecule has 2 aromatic carbocycles. The lowest BCUT2D eigenvalue weighted by Gasteiger charge is -2.30. The van der Waals surface area contributed by atoms with Gasteiger partial charge in [0.15, 0.2) is 0 Å². The maximum atomic E-state index is 13.7. The minimum absolute atomic E-state index is 0.00221. The van der Waals surface area contributed by atoms with Gasteiger partial charge in [0, 0.05) is 50.7 Å². The molecule has 0 saturated carbocycles. The topological polar surface area (TPSA) is 79.0 Å². The van der Waals surface area contributed by atoms with E-state index in [0.29, 0.717) is 18.1 Å². The molecule has 1 heterocycles. The van der Waals surface area contributed by atoms with Crippen LogP contribution >= 0.6 is 11.6 Å². The molecule has 0 aliphatic carbocycles. The van der Waals surface area contributed by atoms with Gasteiger partial charge in [-0.15, -0.1) is 0 Å². The molecule has 0 radical (unpaired) electrons. The highest BCUT2D eigenvalue weighted by atomic mass is 35.5. The zero-order valence-electron chi connectivity index (χ0n) is 18.5. The molecule has 1 unspecified atom stereocenters. The predicted molar refractivity (Wildman–Crippen MR) is 126 cm³/mol. The van der Waals surface area contributed by atoms with Gasteiger partial charge >= 0.3 is 0 Å². The van der Waals surface area contributed by atoms with Gasteiger partial charge in [0.2, 0.25) is 15.9 Å². The van der Waals surface area contributed by atoms with Crippen molar-refractivity contribution in [2.75, 3.05) is 46.4 Å². The number of carbonyl (C=O) groups is 1. The van der Waals surface area contributed by atoms with Gasteiger partial charge in [-0.1, -0.05) is 48.9 Å². The second-order valence-corrected chi connectivity index (χ2v) is 10.2. The normalized spacial score (nSPS) is 15.6. The van der Waals surface area contributed by atoms with Crippen LogP contribution in [0, 0.1) is 0 Å². The summed E-state index contributed by atoms with van der Waals surface area (Å²) in [7, 11) is -2.53. The van der Waals surface area contributed by atoms with Crippen LogP contribution < -0.4 is 10.1 Å². The van der Waals surface area contributed by atoms with Crippen molar-refractivity contribution >= 4 is 27.5 Å². The average Bonchev–Trinajstić information content (AvgIpc) is 2.82. The molecule has 1 atom stereocenters.